The normalized spacial score (nSPS) is 18.3. The Morgan fingerprint density at radius 3 is 2.23 bits per heavy atom. The summed E-state index contributed by atoms with van der Waals surface area (Å²) in [5.74, 6) is -1.29. The summed E-state index contributed by atoms with van der Waals surface area (Å²) in [4.78, 5) is 48.9. The Labute approximate surface area is 451 Å². The molecule has 2 aliphatic heterocycles. The monoisotopic (exact) mass is 1100 g/mol. The van der Waals surface area contributed by atoms with Crippen LogP contribution in [0.25, 0.3) is 5.69 Å². The summed E-state index contributed by atoms with van der Waals surface area (Å²) in [6, 6.07) is 21.5. The van der Waals surface area contributed by atoms with E-state index in [-0.39, 0.29) is 55.4 Å². The number of aliphatic hydroxyl groups excluding tert-OH is 1. The number of hydrogen-bond donors (Lipinski definition) is 2. The smallest absolute Gasteiger partial charge is 0.418 e. The maximum absolute atomic E-state index is 15.6. The Hall–Kier alpha value is -7.20. The van der Waals surface area contributed by atoms with E-state index in [2.05, 4.69) is 62.2 Å². The number of aromatic nitrogens is 7. The van der Waals surface area contributed by atoms with Gasteiger partial charge in [0.05, 0.1) is 42.4 Å². The largest absolute Gasteiger partial charge is 0.750 e. The minimum Gasteiger partial charge on any atom is -0.750 e. The number of aliphatic hydroxyl groups is 1. The van der Waals surface area contributed by atoms with Crippen molar-refractivity contribution in [2.75, 3.05) is 61.1 Å². The third kappa shape index (κ3) is 14.3. The predicted octanol–water partition coefficient (Wildman–Crippen LogP) is 3.75. The molecular weight excluding hydrogens is 1040 g/mol. The summed E-state index contributed by atoms with van der Waals surface area (Å²) in [6.07, 6.45) is 4.54. The van der Waals surface area contributed by atoms with Crippen molar-refractivity contribution >= 4 is 40.6 Å². The van der Waals surface area contributed by atoms with E-state index in [0.29, 0.717) is 23.7 Å². The van der Waals surface area contributed by atoms with Gasteiger partial charge in [-0.1, -0.05) is 32.9 Å². The molecular formula is C52H64F2N11O12S-. The van der Waals surface area contributed by atoms with Gasteiger partial charge in [-0.25, -0.2) is 36.8 Å². The molecule has 420 valence electrons. The molecule has 2 saturated heterocycles. The van der Waals surface area contributed by atoms with Gasteiger partial charge in [-0.2, -0.15) is 9.67 Å². The molecule has 0 saturated carbocycles. The number of nitrogens with zero attached hydrogens (tertiary/aromatic N) is 10. The number of pyridine rings is 1. The lowest BCUT2D eigenvalue weighted by Crippen LogP contribution is -2.46. The summed E-state index contributed by atoms with van der Waals surface area (Å²) in [7, 11) is 1.46. The van der Waals surface area contributed by atoms with Gasteiger partial charge < -0.3 is 53.7 Å². The van der Waals surface area contributed by atoms with E-state index >= 15 is 4.39 Å². The molecule has 5 heterocycles. The SMILES string of the molecule is CC[C@@H](C(C)C)n1ncn(-c2ccc(N3CCN(c4ccc(OC[C@@H]5CO[C@@](Cn6c[n+](C(C)OC(=O)N(C)c7ncccc7COC(=O)[C@@H](N)[C@@H](C)O)cn6)(c6ccc(F)cc6F)C5)cc4)CC3)cc2)c1=O.O=S([O-])O[O-]. The van der Waals surface area contributed by atoms with E-state index in [1.165, 1.54) is 38.6 Å². The number of carbonyl (C=O) groups excluding carboxylic acids is 2. The van der Waals surface area contributed by atoms with Crippen LogP contribution in [0.1, 0.15) is 70.9 Å². The Bertz CT molecular complexity index is 3030. The molecule has 78 heavy (non-hydrogen) atoms. The molecule has 3 aromatic heterocycles. The van der Waals surface area contributed by atoms with Crippen LogP contribution in [-0.4, -0.2) is 114 Å². The maximum atomic E-state index is 15.6. The molecule has 7 atom stereocenters. The maximum Gasteiger partial charge on any atom is 0.418 e. The third-order valence-electron chi connectivity index (χ3n) is 13.7. The lowest BCUT2D eigenvalue weighted by molar-refractivity contribution is -0.753. The first-order valence-corrected chi connectivity index (χ1v) is 26.2. The number of hydrogen-bond acceptors (Lipinski definition) is 18. The van der Waals surface area contributed by atoms with Crippen molar-refractivity contribution in [2.45, 2.75) is 90.6 Å². The quantitative estimate of drug-likeness (QED) is 0.0362. The first-order chi connectivity index (χ1) is 37.3. The highest BCUT2D eigenvalue weighted by Crippen LogP contribution is 2.42. The number of benzene rings is 3. The van der Waals surface area contributed by atoms with Crippen LogP contribution in [0.3, 0.4) is 0 Å². The van der Waals surface area contributed by atoms with Crippen molar-refractivity contribution in [1.82, 2.24) is 29.1 Å². The van der Waals surface area contributed by atoms with Gasteiger partial charge >= 0.3 is 17.8 Å². The van der Waals surface area contributed by atoms with Gasteiger partial charge in [-0.05, 0) is 86.3 Å². The van der Waals surface area contributed by atoms with E-state index in [1.807, 2.05) is 36.4 Å². The third-order valence-corrected chi connectivity index (χ3v) is 13.8. The second kappa shape index (κ2) is 26.4. The number of carbonyl (C=O) groups is 2. The van der Waals surface area contributed by atoms with Gasteiger partial charge in [0, 0.05) is 85.9 Å². The van der Waals surface area contributed by atoms with Crippen LogP contribution in [0, 0.1) is 23.5 Å². The van der Waals surface area contributed by atoms with Crippen LogP contribution >= 0.6 is 0 Å². The van der Waals surface area contributed by atoms with E-state index in [4.69, 9.17) is 38.7 Å². The van der Waals surface area contributed by atoms with Crippen LogP contribution in [0.2, 0.25) is 0 Å². The topological polar surface area (TPSA) is 274 Å². The molecule has 8 rings (SSSR count). The summed E-state index contributed by atoms with van der Waals surface area (Å²) in [6.45, 7) is 12.9. The van der Waals surface area contributed by atoms with E-state index in [9.17, 15) is 23.9 Å². The molecule has 2 aliphatic rings. The van der Waals surface area contributed by atoms with Crippen LogP contribution in [0.4, 0.5) is 30.8 Å². The molecule has 0 bridgehead atoms. The second-order valence-corrected chi connectivity index (χ2v) is 19.9. The Morgan fingerprint density at radius 2 is 1.63 bits per heavy atom. The number of piperazine rings is 1. The molecule has 26 heteroatoms. The Morgan fingerprint density at radius 1 is 0.987 bits per heavy atom. The average molecular weight is 1110 g/mol. The summed E-state index contributed by atoms with van der Waals surface area (Å²) < 4.78 is 79.9. The van der Waals surface area contributed by atoms with Crippen LogP contribution in [0.5, 0.6) is 5.75 Å². The van der Waals surface area contributed by atoms with Crippen molar-refractivity contribution < 1.29 is 65.3 Å². The number of nitrogens with two attached hydrogens (primary N) is 1. The van der Waals surface area contributed by atoms with Gasteiger partial charge in [0.15, 0.2) is 0 Å². The summed E-state index contributed by atoms with van der Waals surface area (Å²) in [5, 5.41) is 27.1. The van der Waals surface area contributed by atoms with E-state index < -0.39 is 59.0 Å². The number of esters is 1. The Kier molecular flexibility index (Phi) is 19.8. The zero-order chi connectivity index (χ0) is 56.3. The van der Waals surface area contributed by atoms with Crippen LogP contribution in [0.15, 0.2) is 109 Å². The fourth-order valence-corrected chi connectivity index (χ4v) is 9.40. The molecule has 23 nitrogen and oxygen atoms in total. The van der Waals surface area contributed by atoms with Crippen molar-refractivity contribution in [3.8, 4) is 11.4 Å². The van der Waals surface area contributed by atoms with Crippen molar-refractivity contribution in [3.63, 3.8) is 0 Å². The van der Waals surface area contributed by atoms with Crippen LogP contribution < -0.4 is 40.7 Å². The van der Waals surface area contributed by atoms with Gasteiger partial charge in [-0.15, -0.1) is 4.68 Å². The van der Waals surface area contributed by atoms with Crippen molar-refractivity contribution in [3.05, 3.63) is 137 Å². The molecule has 2 fully saturated rings. The molecule has 3 N–H and O–H groups in total. The van der Waals surface area contributed by atoms with Crippen LogP contribution in [-0.2, 0) is 53.5 Å². The van der Waals surface area contributed by atoms with E-state index in [1.54, 1.807) is 50.2 Å². The number of rotatable bonds is 20. The molecule has 0 spiro atoms. The summed E-state index contributed by atoms with van der Waals surface area (Å²) >= 11 is -2.88. The molecule has 6 aromatic rings. The van der Waals surface area contributed by atoms with Crippen molar-refractivity contribution in [1.29, 1.82) is 0 Å². The number of anilines is 3. The fourth-order valence-electron chi connectivity index (χ4n) is 9.40. The van der Waals surface area contributed by atoms with Gasteiger partial charge in [0.1, 0.15) is 54.3 Å². The lowest BCUT2D eigenvalue weighted by atomic mass is 9.87. The van der Waals surface area contributed by atoms with Crippen molar-refractivity contribution in [2.24, 2.45) is 17.6 Å². The molecule has 2 unspecified atom stereocenters. The Balaban J connectivity index is 0.00000169. The first kappa shape index (κ1) is 58.5. The summed E-state index contributed by atoms with van der Waals surface area (Å²) in [5.41, 5.74) is 7.84. The number of ether oxygens (including phenoxy) is 4. The second-order valence-electron chi connectivity index (χ2n) is 19.3. The molecule has 0 aliphatic carbocycles. The molecule has 3 aromatic carbocycles. The minimum atomic E-state index is -2.88. The lowest BCUT2D eigenvalue weighted by Gasteiger charge is -2.37. The molecule has 1 amide bonds. The highest BCUT2D eigenvalue weighted by atomic mass is 32.2. The average Bonchev–Trinajstić information content (AvgIpc) is 4.22. The van der Waals surface area contributed by atoms with E-state index in [0.717, 1.165) is 60.6 Å². The standard InChI is InChI=1S/C52H64F2N11O8.H2O4S/c1-7-46(34(2)3)65-50(68)64(32-58-65)42-13-11-40(12-14-42)60-21-23-61(24-22-60)41-15-17-43(18-16-41)70-27-37-26-52(72-28-37,44-19-10-39(53)25-45(44)54)30-63-33-62(31-57-63)36(5)73-51(69)59(6)48-38(9-8-20-56-48)29-71-49(67)47(55)35(4)66;1-4-5(2)3/h8-20,25,31-37,46-47,66H,7,21-24,26-30,55H2,1-6H3;1H,(H,2,3)/q+1;/p-2/t35-,36?,37-,46+,47+,52+;/m1./s1. The zero-order valence-electron chi connectivity index (χ0n) is 44.0. The van der Waals surface area contributed by atoms with Gasteiger partial charge in [0.25, 0.3) is 6.33 Å². The first-order valence-electron chi connectivity index (χ1n) is 25.2. The number of amides is 1. The minimum absolute atomic E-state index is 0.0471. The number of halogens is 2. The fraction of sp³-hybridized carbons (Fsp3) is 0.442. The zero-order valence-corrected chi connectivity index (χ0v) is 44.8. The molecule has 0 radical (unpaired) electrons. The predicted molar refractivity (Wildman–Crippen MR) is 276 cm³/mol. The van der Waals surface area contributed by atoms with Gasteiger partial charge in [-0.3, -0.25) is 9.69 Å². The van der Waals surface area contributed by atoms with Gasteiger partial charge in [0.2, 0.25) is 12.6 Å². The highest BCUT2D eigenvalue weighted by molar-refractivity contribution is 7.73. The highest BCUT2D eigenvalue weighted by Gasteiger charge is 2.46.